The van der Waals surface area contributed by atoms with Gasteiger partial charge in [-0.3, -0.25) is 5.41 Å². The summed E-state index contributed by atoms with van der Waals surface area (Å²) in [4.78, 5) is 11.4. The van der Waals surface area contributed by atoms with Crippen LogP contribution in [0.5, 0.6) is 5.75 Å². The Hall–Kier alpha value is -3.46. The van der Waals surface area contributed by atoms with Crippen LogP contribution in [0.4, 0.5) is 0 Å². The Morgan fingerprint density at radius 1 is 1.23 bits per heavy atom. The highest BCUT2D eigenvalue weighted by molar-refractivity contribution is 6.01. The van der Waals surface area contributed by atoms with Gasteiger partial charge in [0.2, 0.25) is 0 Å². The Morgan fingerprint density at radius 2 is 2.00 bits per heavy atom. The number of ether oxygens (including phenoxy) is 1. The Morgan fingerprint density at radius 3 is 2.69 bits per heavy atom. The average Bonchev–Trinajstić information content (AvgIpc) is 3.17. The van der Waals surface area contributed by atoms with Crippen LogP contribution in [-0.4, -0.2) is 71.7 Å². The molecule has 1 saturated heterocycles. The summed E-state index contributed by atoms with van der Waals surface area (Å²) < 4.78 is 8.26. The van der Waals surface area contributed by atoms with Gasteiger partial charge in [0.05, 0.1) is 12.1 Å². The van der Waals surface area contributed by atoms with Crippen molar-refractivity contribution in [2.75, 3.05) is 26.7 Å². The van der Waals surface area contributed by atoms with Crippen molar-refractivity contribution in [2.45, 2.75) is 52.2 Å². The predicted molar refractivity (Wildman–Crippen MR) is 142 cm³/mol. The number of likely N-dealkylation sites (tertiary alicyclic amines) is 1. The van der Waals surface area contributed by atoms with Crippen molar-refractivity contribution >= 4 is 24.1 Å². The van der Waals surface area contributed by atoms with Gasteiger partial charge in [-0.25, -0.2) is 9.98 Å². The summed E-state index contributed by atoms with van der Waals surface area (Å²) in [6, 6.07) is 4.76. The zero-order chi connectivity index (χ0) is 24.9. The summed E-state index contributed by atoms with van der Waals surface area (Å²) in [5.74, 6) is 2.20. The van der Waals surface area contributed by atoms with Gasteiger partial charge in [-0.1, -0.05) is 0 Å². The van der Waals surface area contributed by atoms with Crippen molar-refractivity contribution in [3.8, 4) is 17.1 Å². The number of hydrogen-bond acceptors (Lipinski definition) is 6. The molecular formula is C26H36N8O. The summed E-state index contributed by atoms with van der Waals surface area (Å²) in [5.41, 5.74) is 4.72. The lowest BCUT2D eigenvalue weighted by atomic mass is 9.98. The highest BCUT2D eigenvalue weighted by atomic mass is 16.5. The molecule has 4 N–H and O–H groups in total. The van der Waals surface area contributed by atoms with E-state index in [0.29, 0.717) is 30.7 Å². The Balaban J connectivity index is 1.69. The third-order valence-corrected chi connectivity index (χ3v) is 6.41. The van der Waals surface area contributed by atoms with Gasteiger partial charge in [-0.2, -0.15) is 0 Å². The van der Waals surface area contributed by atoms with Crippen LogP contribution in [-0.2, 0) is 6.54 Å². The molecule has 0 bridgehead atoms. The Kier molecular flexibility index (Phi) is 7.65. The number of aromatic nitrogens is 2. The zero-order valence-electron chi connectivity index (χ0n) is 21.1. The second-order valence-corrected chi connectivity index (χ2v) is 9.53. The topological polar surface area (TPSA) is 114 Å². The molecule has 0 atom stereocenters. The van der Waals surface area contributed by atoms with Crippen molar-refractivity contribution in [1.29, 1.82) is 10.8 Å². The summed E-state index contributed by atoms with van der Waals surface area (Å²) in [6.45, 7) is 9.50. The van der Waals surface area contributed by atoms with E-state index in [1.165, 1.54) is 6.21 Å². The molecule has 2 aromatic rings. The van der Waals surface area contributed by atoms with Crippen LogP contribution in [0.25, 0.3) is 17.1 Å². The number of fused-ring (bicyclic) bond motifs is 3. The van der Waals surface area contributed by atoms with Gasteiger partial charge in [-0.15, -0.1) is 0 Å². The summed E-state index contributed by atoms with van der Waals surface area (Å²) >= 11 is 0. The maximum absolute atomic E-state index is 7.72. The molecule has 4 rings (SSSR count). The molecule has 0 radical (unpaired) electrons. The van der Waals surface area contributed by atoms with Crippen molar-refractivity contribution in [2.24, 2.45) is 4.99 Å². The van der Waals surface area contributed by atoms with Gasteiger partial charge < -0.3 is 30.2 Å². The highest BCUT2D eigenvalue weighted by Gasteiger charge is 2.24. The number of allylic oxidation sites excluding steroid dienone is 1. The van der Waals surface area contributed by atoms with Crippen LogP contribution in [0, 0.1) is 17.7 Å². The molecule has 9 heteroatoms. The number of aliphatic imine (C=N–C) groups is 1. The number of amidine groups is 1. The minimum absolute atomic E-state index is 0.173. The first-order chi connectivity index (χ1) is 16.9. The van der Waals surface area contributed by atoms with Crippen molar-refractivity contribution in [1.82, 2.24) is 25.1 Å². The van der Waals surface area contributed by atoms with Crippen LogP contribution in [0.15, 0.2) is 29.4 Å². The second kappa shape index (κ2) is 10.9. The van der Waals surface area contributed by atoms with Crippen LogP contribution in [0.2, 0.25) is 0 Å². The molecule has 186 valence electrons. The number of hydrogen-bond donors (Lipinski definition) is 4. The Bertz CT molecular complexity index is 1140. The van der Waals surface area contributed by atoms with E-state index in [9.17, 15) is 0 Å². The molecule has 0 spiro atoms. The Labute approximate surface area is 207 Å². The summed E-state index contributed by atoms with van der Waals surface area (Å²) in [5, 5.41) is 22.1. The summed E-state index contributed by atoms with van der Waals surface area (Å²) in [6.07, 6.45) is 8.34. The summed E-state index contributed by atoms with van der Waals surface area (Å²) in [7, 11) is 2.16. The normalized spacial score (nSPS) is 17.3. The van der Waals surface area contributed by atoms with Crippen LogP contribution < -0.4 is 15.4 Å². The molecule has 2 aliphatic heterocycles. The minimum atomic E-state index is 0.173. The number of nitrogens with one attached hydrogen (secondary N) is 4. The molecule has 9 nitrogen and oxygen atoms in total. The molecule has 1 aromatic heterocycles. The molecule has 0 unspecified atom stereocenters. The quantitative estimate of drug-likeness (QED) is 0.362. The molecule has 0 aliphatic carbocycles. The number of rotatable bonds is 7. The number of piperidine rings is 1. The van der Waals surface area contributed by atoms with Gasteiger partial charge in [0.25, 0.3) is 0 Å². The van der Waals surface area contributed by atoms with E-state index < -0.39 is 0 Å². The lowest BCUT2D eigenvalue weighted by Gasteiger charge is -2.31. The fourth-order valence-electron chi connectivity index (χ4n) is 4.63. The van der Waals surface area contributed by atoms with Crippen molar-refractivity contribution in [3.63, 3.8) is 0 Å². The molecule has 1 fully saturated rings. The molecule has 0 amide bonds. The van der Waals surface area contributed by atoms with Crippen molar-refractivity contribution in [3.05, 3.63) is 41.2 Å². The van der Waals surface area contributed by atoms with Gasteiger partial charge in [0.1, 0.15) is 30.2 Å². The molecule has 1 aromatic carbocycles. The fourth-order valence-corrected chi connectivity index (χ4v) is 4.63. The van der Waals surface area contributed by atoms with E-state index in [1.807, 2.05) is 26.1 Å². The van der Waals surface area contributed by atoms with E-state index in [1.54, 1.807) is 0 Å². The van der Waals surface area contributed by atoms with Gasteiger partial charge in [0, 0.05) is 35.8 Å². The SMILES string of the molecule is Cc1cc2c(cc1/C(=C/C=N)NC1CCN(C)CC1)OCCn1cc(/C(=N/C=N)NC(C)C)nc1-2. The first kappa shape index (κ1) is 24.7. The first-order valence-corrected chi connectivity index (χ1v) is 12.2. The first-order valence-electron chi connectivity index (χ1n) is 12.2. The van der Waals surface area contributed by atoms with Crippen LogP contribution in [0.3, 0.4) is 0 Å². The van der Waals surface area contributed by atoms with E-state index >= 15 is 0 Å². The van der Waals surface area contributed by atoms with Gasteiger partial charge >= 0.3 is 0 Å². The molecular weight excluding hydrogens is 440 g/mol. The maximum atomic E-state index is 7.72. The van der Waals surface area contributed by atoms with E-state index in [0.717, 1.165) is 66.2 Å². The fraction of sp³-hybridized carbons (Fsp3) is 0.462. The third-order valence-electron chi connectivity index (χ3n) is 6.41. The lowest BCUT2D eigenvalue weighted by Crippen LogP contribution is -2.40. The maximum Gasteiger partial charge on any atom is 0.155 e. The van der Waals surface area contributed by atoms with E-state index in [4.69, 9.17) is 20.5 Å². The standard InChI is InChI=1S/C26H36N8O/c1-17(2)30-25(29-16-28)23-15-34-11-12-35-24-14-20(18(3)13-21(24)26(34)32-23)22(5-8-27)31-19-6-9-33(4)10-7-19/h5,8,13-17,19,27,31H,6-7,9-12H2,1-4H3,(H2,28,29,30)/b22-5-,27-8?. The third kappa shape index (κ3) is 5.62. The van der Waals surface area contributed by atoms with Gasteiger partial charge in [-0.05, 0) is 77.5 Å². The molecule has 35 heavy (non-hydrogen) atoms. The average molecular weight is 477 g/mol. The second-order valence-electron chi connectivity index (χ2n) is 9.53. The molecule has 0 saturated carbocycles. The van der Waals surface area contributed by atoms with Crippen molar-refractivity contribution < 1.29 is 4.74 Å². The monoisotopic (exact) mass is 476 g/mol. The van der Waals surface area contributed by atoms with Crippen LogP contribution >= 0.6 is 0 Å². The van der Waals surface area contributed by atoms with E-state index in [-0.39, 0.29) is 6.04 Å². The smallest absolute Gasteiger partial charge is 0.155 e. The van der Waals surface area contributed by atoms with Gasteiger partial charge in [0.15, 0.2) is 5.84 Å². The number of imidazole rings is 1. The largest absolute Gasteiger partial charge is 0.491 e. The molecule has 2 aliphatic rings. The zero-order valence-corrected chi connectivity index (χ0v) is 21.1. The predicted octanol–water partition coefficient (Wildman–Crippen LogP) is 3.28. The highest BCUT2D eigenvalue weighted by Crippen LogP contribution is 2.36. The number of benzene rings is 1. The molecule has 3 heterocycles. The number of aryl methyl sites for hydroxylation is 1. The van der Waals surface area contributed by atoms with Crippen LogP contribution in [0.1, 0.15) is 43.5 Å². The lowest BCUT2D eigenvalue weighted by molar-refractivity contribution is 0.245. The number of nitrogens with zero attached hydrogens (tertiary/aromatic N) is 4. The van der Waals surface area contributed by atoms with E-state index in [2.05, 4.69) is 51.2 Å². The minimum Gasteiger partial charge on any atom is -0.491 e.